The van der Waals surface area contributed by atoms with Gasteiger partial charge in [-0.25, -0.2) is 8.42 Å². The zero-order valence-electron chi connectivity index (χ0n) is 18.7. The number of sulfonamides is 1. The van der Waals surface area contributed by atoms with Gasteiger partial charge in [-0.1, -0.05) is 32.0 Å². The van der Waals surface area contributed by atoms with Crippen molar-refractivity contribution >= 4 is 33.6 Å². The third-order valence-electron chi connectivity index (χ3n) is 4.70. The van der Waals surface area contributed by atoms with E-state index in [9.17, 15) is 18.0 Å². The number of anilines is 1. The Morgan fingerprint density at radius 1 is 1.06 bits per heavy atom. The standard InChI is InChI=1S/C23H29N3O5S/c1-5-26(6-2)32(29,30)19-11-8-18(9-12-19)10-14-22(27)24-16-23(28)25-20-15-17(3)7-13-21(20)31-4/h7-15H,5-6,16H2,1-4H3,(H,24,27)(H,25,28)/b14-10+. The van der Waals surface area contributed by atoms with Crippen LogP contribution in [0.5, 0.6) is 5.75 Å². The molecule has 0 aliphatic rings. The van der Waals surface area contributed by atoms with Crippen molar-refractivity contribution in [2.24, 2.45) is 0 Å². The number of amides is 2. The fourth-order valence-electron chi connectivity index (χ4n) is 2.98. The van der Waals surface area contributed by atoms with Crippen LogP contribution in [0.3, 0.4) is 0 Å². The summed E-state index contributed by atoms with van der Waals surface area (Å²) in [7, 11) is -2.01. The quantitative estimate of drug-likeness (QED) is 0.532. The number of ether oxygens (including phenoxy) is 1. The number of methoxy groups -OCH3 is 1. The zero-order chi connectivity index (χ0) is 23.7. The van der Waals surface area contributed by atoms with Crippen molar-refractivity contribution in [2.75, 3.05) is 32.1 Å². The van der Waals surface area contributed by atoms with Gasteiger partial charge in [0.15, 0.2) is 0 Å². The first-order valence-corrected chi connectivity index (χ1v) is 11.7. The lowest BCUT2D eigenvalue weighted by Gasteiger charge is -2.18. The number of hydrogen-bond donors (Lipinski definition) is 2. The molecule has 0 spiro atoms. The third-order valence-corrected chi connectivity index (χ3v) is 6.77. The van der Waals surface area contributed by atoms with E-state index in [0.29, 0.717) is 30.1 Å². The molecule has 0 saturated carbocycles. The number of hydrogen-bond acceptors (Lipinski definition) is 5. The lowest BCUT2D eigenvalue weighted by Crippen LogP contribution is -2.31. The molecule has 0 heterocycles. The normalized spacial score (nSPS) is 11.5. The summed E-state index contributed by atoms with van der Waals surface area (Å²) in [6, 6.07) is 11.7. The van der Waals surface area contributed by atoms with Crippen LogP contribution in [0, 0.1) is 6.92 Å². The number of benzene rings is 2. The Morgan fingerprint density at radius 2 is 1.72 bits per heavy atom. The van der Waals surface area contributed by atoms with Gasteiger partial charge in [-0.3, -0.25) is 9.59 Å². The number of carbonyl (C=O) groups is 2. The molecule has 0 aliphatic heterocycles. The molecule has 0 aromatic heterocycles. The van der Waals surface area contributed by atoms with E-state index in [1.807, 2.05) is 13.0 Å². The van der Waals surface area contributed by atoms with Crippen molar-refractivity contribution < 1.29 is 22.7 Å². The average molecular weight is 460 g/mol. The maximum Gasteiger partial charge on any atom is 0.244 e. The van der Waals surface area contributed by atoms with Gasteiger partial charge in [-0.15, -0.1) is 0 Å². The molecule has 0 fully saturated rings. The van der Waals surface area contributed by atoms with Crippen LogP contribution in [0.1, 0.15) is 25.0 Å². The highest BCUT2D eigenvalue weighted by Gasteiger charge is 2.20. The average Bonchev–Trinajstić information content (AvgIpc) is 2.77. The summed E-state index contributed by atoms with van der Waals surface area (Å²) in [4.78, 5) is 24.4. The number of nitrogens with zero attached hydrogens (tertiary/aromatic N) is 1. The first-order valence-electron chi connectivity index (χ1n) is 10.2. The SMILES string of the molecule is CCN(CC)S(=O)(=O)c1ccc(/C=C/C(=O)NCC(=O)Nc2cc(C)ccc2OC)cc1. The predicted octanol–water partition coefficient (Wildman–Crippen LogP) is 2.80. The number of carbonyl (C=O) groups excluding carboxylic acids is 2. The Labute approximate surface area is 189 Å². The molecule has 172 valence electrons. The monoisotopic (exact) mass is 459 g/mol. The first kappa shape index (κ1) is 25.1. The molecule has 0 saturated heterocycles. The molecule has 0 atom stereocenters. The Balaban J connectivity index is 1.92. The van der Waals surface area contributed by atoms with Crippen molar-refractivity contribution in [3.8, 4) is 5.75 Å². The van der Waals surface area contributed by atoms with Crippen LogP contribution in [0.25, 0.3) is 6.08 Å². The second-order valence-corrected chi connectivity index (χ2v) is 8.90. The van der Waals surface area contributed by atoms with Crippen molar-refractivity contribution in [1.29, 1.82) is 0 Å². The predicted molar refractivity (Wildman–Crippen MR) is 125 cm³/mol. The van der Waals surface area contributed by atoms with Crippen molar-refractivity contribution in [1.82, 2.24) is 9.62 Å². The lowest BCUT2D eigenvalue weighted by atomic mass is 10.2. The van der Waals surface area contributed by atoms with Crippen LogP contribution in [0.15, 0.2) is 53.4 Å². The Morgan fingerprint density at radius 3 is 2.31 bits per heavy atom. The summed E-state index contributed by atoms with van der Waals surface area (Å²) in [6.45, 7) is 6.05. The van der Waals surface area contributed by atoms with Gasteiger partial charge in [0.1, 0.15) is 5.75 Å². The minimum atomic E-state index is -3.52. The third kappa shape index (κ3) is 6.66. The molecule has 32 heavy (non-hydrogen) atoms. The molecular formula is C23H29N3O5S. The molecule has 2 aromatic rings. The summed E-state index contributed by atoms with van der Waals surface area (Å²) in [6.07, 6.45) is 2.83. The van der Waals surface area contributed by atoms with E-state index in [0.717, 1.165) is 5.56 Å². The van der Waals surface area contributed by atoms with E-state index in [1.165, 1.54) is 29.6 Å². The van der Waals surface area contributed by atoms with Crippen molar-refractivity contribution in [3.05, 3.63) is 59.7 Å². The van der Waals surface area contributed by atoms with Gasteiger partial charge in [0.2, 0.25) is 21.8 Å². The molecule has 8 nitrogen and oxygen atoms in total. The minimum Gasteiger partial charge on any atom is -0.495 e. The molecule has 9 heteroatoms. The Hall–Kier alpha value is -3.17. The Bertz CT molecular complexity index is 1080. The van der Waals surface area contributed by atoms with Crippen LogP contribution in [0.4, 0.5) is 5.69 Å². The van der Waals surface area contributed by atoms with Gasteiger partial charge in [-0.2, -0.15) is 4.31 Å². The van der Waals surface area contributed by atoms with E-state index in [-0.39, 0.29) is 17.3 Å². The lowest BCUT2D eigenvalue weighted by molar-refractivity contribution is -0.121. The molecular weight excluding hydrogens is 430 g/mol. The maximum atomic E-state index is 12.5. The minimum absolute atomic E-state index is 0.200. The van der Waals surface area contributed by atoms with Crippen LogP contribution in [0.2, 0.25) is 0 Å². The molecule has 2 aromatic carbocycles. The zero-order valence-corrected chi connectivity index (χ0v) is 19.5. The fraction of sp³-hybridized carbons (Fsp3) is 0.304. The van der Waals surface area contributed by atoms with Crippen molar-refractivity contribution in [2.45, 2.75) is 25.7 Å². The second-order valence-electron chi connectivity index (χ2n) is 6.96. The van der Waals surface area contributed by atoms with Gasteiger partial charge < -0.3 is 15.4 Å². The van der Waals surface area contributed by atoms with Crippen LogP contribution < -0.4 is 15.4 Å². The molecule has 0 bridgehead atoms. The van der Waals surface area contributed by atoms with Crippen LogP contribution in [-0.4, -0.2) is 51.3 Å². The number of nitrogens with one attached hydrogen (secondary N) is 2. The topological polar surface area (TPSA) is 105 Å². The van der Waals surface area contributed by atoms with Gasteiger partial charge in [0.25, 0.3) is 0 Å². The second kappa shape index (κ2) is 11.4. The Kier molecular flexibility index (Phi) is 8.98. The molecule has 0 radical (unpaired) electrons. The highest BCUT2D eigenvalue weighted by molar-refractivity contribution is 7.89. The van der Waals surface area contributed by atoms with E-state index >= 15 is 0 Å². The summed E-state index contributed by atoms with van der Waals surface area (Å²) >= 11 is 0. The van der Waals surface area contributed by atoms with Crippen molar-refractivity contribution in [3.63, 3.8) is 0 Å². The van der Waals surface area contributed by atoms with Gasteiger partial charge in [0.05, 0.1) is 24.2 Å². The molecule has 2 N–H and O–H groups in total. The number of aryl methyl sites for hydroxylation is 1. The summed E-state index contributed by atoms with van der Waals surface area (Å²) in [5, 5.41) is 5.22. The van der Waals surface area contributed by atoms with E-state index < -0.39 is 15.9 Å². The number of rotatable bonds is 10. The summed E-state index contributed by atoms with van der Waals surface area (Å²) < 4.78 is 31.6. The smallest absolute Gasteiger partial charge is 0.244 e. The molecule has 0 aliphatic carbocycles. The fourth-order valence-corrected chi connectivity index (χ4v) is 4.43. The van der Waals surface area contributed by atoms with E-state index in [1.54, 1.807) is 44.2 Å². The van der Waals surface area contributed by atoms with E-state index in [2.05, 4.69) is 10.6 Å². The maximum absolute atomic E-state index is 12.5. The van der Waals surface area contributed by atoms with Gasteiger partial charge in [-0.05, 0) is 48.4 Å². The highest BCUT2D eigenvalue weighted by atomic mass is 32.2. The molecule has 2 amide bonds. The van der Waals surface area contributed by atoms with Gasteiger partial charge in [0, 0.05) is 19.2 Å². The molecule has 2 rings (SSSR count). The molecule has 0 unspecified atom stereocenters. The van der Waals surface area contributed by atoms with Gasteiger partial charge >= 0.3 is 0 Å². The van der Waals surface area contributed by atoms with Crippen LogP contribution >= 0.6 is 0 Å². The summed E-state index contributed by atoms with van der Waals surface area (Å²) in [5.74, 6) is -0.306. The summed E-state index contributed by atoms with van der Waals surface area (Å²) in [5.41, 5.74) is 2.15. The van der Waals surface area contributed by atoms with Crippen LogP contribution in [-0.2, 0) is 19.6 Å². The largest absolute Gasteiger partial charge is 0.495 e. The highest BCUT2D eigenvalue weighted by Crippen LogP contribution is 2.25. The van der Waals surface area contributed by atoms with E-state index in [4.69, 9.17) is 4.74 Å². The first-order chi connectivity index (χ1) is 15.2.